The zero-order valence-electron chi connectivity index (χ0n) is 17.0. The quantitative estimate of drug-likeness (QED) is 0.759. The van der Waals surface area contributed by atoms with Crippen LogP contribution < -0.4 is 18.9 Å². The molecular weight excluding hydrogens is 354 g/mol. The van der Waals surface area contributed by atoms with Crippen LogP contribution in [0.3, 0.4) is 0 Å². The normalized spacial score (nSPS) is 17.5. The summed E-state index contributed by atoms with van der Waals surface area (Å²) in [6, 6.07) is 10.7. The first kappa shape index (κ1) is 18.9. The number of rotatable bonds is 5. The Labute approximate surface area is 167 Å². The van der Waals surface area contributed by atoms with Crippen molar-refractivity contribution in [1.29, 1.82) is 0 Å². The van der Waals surface area contributed by atoms with Gasteiger partial charge in [0.1, 0.15) is 18.1 Å². The number of methoxy groups -OCH3 is 3. The van der Waals surface area contributed by atoms with Crippen molar-refractivity contribution < 1.29 is 18.9 Å². The molecule has 4 rings (SSSR count). The summed E-state index contributed by atoms with van der Waals surface area (Å²) in [4.78, 5) is 2.57. The minimum atomic E-state index is 0.657. The van der Waals surface area contributed by atoms with Gasteiger partial charge in [-0.1, -0.05) is 18.9 Å². The lowest BCUT2D eigenvalue weighted by atomic mass is 9.99. The van der Waals surface area contributed by atoms with Crippen LogP contribution in [0.5, 0.6) is 23.0 Å². The van der Waals surface area contributed by atoms with Crippen molar-refractivity contribution in [2.24, 2.45) is 0 Å². The highest BCUT2D eigenvalue weighted by Gasteiger charge is 2.28. The Morgan fingerprint density at radius 1 is 0.929 bits per heavy atom. The maximum atomic E-state index is 6.14. The molecule has 5 nitrogen and oxygen atoms in total. The molecule has 0 spiro atoms. The van der Waals surface area contributed by atoms with Crippen molar-refractivity contribution in [3.05, 3.63) is 35.9 Å². The molecule has 0 N–H and O–H groups in total. The Bertz CT molecular complexity index is 807. The van der Waals surface area contributed by atoms with Gasteiger partial charge in [0.25, 0.3) is 0 Å². The van der Waals surface area contributed by atoms with Gasteiger partial charge in [-0.2, -0.15) is 0 Å². The Morgan fingerprint density at radius 2 is 1.61 bits per heavy atom. The molecule has 0 atom stereocenters. The molecule has 28 heavy (non-hydrogen) atoms. The molecule has 1 aliphatic heterocycles. The predicted molar refractivity (Wildman–Crippen MR) is 110 cm³/mol. The fraction of sp³-hybridized carbons (Fsp3) is 0.478. The zero-order chi connectivity index (χ0) is 19.5. The minimum Gasteiger partial charge on any atom is -0.496 e. The molecule has 2 aromatic carbocycles. The highest BCUT2D eigenvalue weighted by atomic mass is 16.5. The molecule has 1 heterocycles. The third-order valence-corrected chi connectivity index (χ3v) is 5.91. The maximum absolute atomic E-state index is 6.14. The molecule has 0 saturated heterocycles. The van der Waals surface area contributed by atoms with Crippen LogP contribution in [0.15, 0.2) is 30.3 Å². The lowest BCUT2D eigenvalue weighted by Gasteiger charge is -2.26. The minimum absolute atomic E-state index is 0.657. The SMILES string of the molecule is COc1cc(-c2c(OC)cccc2OC)cc2c1OCCN(C1CCCC1)C2. The van der Waals surface area contributed by atoms with Crippen LogP contribution in [0.4, 0.5) is 0 Å². The second-order valence-electron chi connectivity index (χ2n) is 7.46. The fourth-order valence-electron chi connectivity index (χ4n) is 4.52. The third-order valence-electron chi connectivity index (χ3n) is 5.91. The van der Waals surface area contributed by atoms with Gasteiger partial charge in [0.2, 0.25) is 0 Å². The molecule has 2 aromatic rings. The molecule has 0 unspecified atom stereocenters. The number of hydrogen-bond donors (Lipinski definition) is 0. The van der Waals surface area contributed by atoms with Crippen molar-refractivity contribution in [3.8, 4) is 34.1 Å². The topological polar surface area (TPSA) is 40.2 Å². The smallest absolute Gasteiger partial charge is 0.165 e. The average Bonchev–Trinajstić information content (AvgIpc) is 3.19. The number of benzene rings is 2. The third kappa shape index (κ3) is 3.51. The summed E-state index contributed by atoms with van der Waals surface area (Å²) >= 11 is 0. The van der Waals surface area contributed by atoms with E-state index in [2.05, 4.69) is 11.0 Å². The summed E-state index contributed by atoms with van der Waals surface area (Å²) < 4.78 is 23.1. The van der Waals surface area contributed by atoms with Crippen LogP contribution in [0.1, 0.15) is 31.2 Å². The van der Waals surface area contributed by atoms with Crippen molar-refractivity contribution in [2.75, 3.05) is 34.5 Å². The molecule has 0 bridgehead atoms. The molecule has 0 radical (unpaired) electrons. The molecule has 150 valence electrons. The largest absolute Gasteiger partial charge is 0.496 e. The summed E-state index contributed by atoms with van der Waals surface area (Å²) in [5.41, 5.74) is 3.11. The highest BCUT2D eigenvalue weighted by molar-refractivity contribution is 5.79. The molecule has 2 aliphatic rings. The van der Waals surface area contributed by atoms with E-state index in [1.165, 1.54) is 25.7 Å². The van der Waals surface area contributed by atoms with E-state index >= 15 is 0 Å². The first-order valence-electron chi connectivity index (χ1n) is 10.0. The van der Waals surface area contributed by atoms with Gasteiger partial charge < -0.3 is 18.9 Å². The Hall–Kier alpha value is -2.40. The lowest BCUT2D eigenvalue weighted by molar-refractivity contribution is 0.170. The first-order chi connectivity index (χ1) is 13.7. The summed E-state index contributed by atoms with van der Waals surface area (Å²) in [5.74, 6) is 3.18. The lowest BCUT2D eigenvalue weighted by Crippen LogP contribution is -2.34. The molecule has 1 fully saturated rings. The van der Waals surface area contributed by atoms with Gasteiger partial charge in [0, 0.05) is 24.7 Å². The number of ether oxygens (including phenoxy) is 4. The second kappa shape index (κ2) is 8.31. The molecule has 0 amide bonds. The standard InChI is InChI=1S/C23H29NO4/c1-25-19-9-6-10-20(26-2)22(19)16-13-17-15-24(18-7-4-5-8-18)11-12-28-23(17)21(14-16)27-3/h6,9-10,13-14,18H,4-5,7-8,11-12,15H2,1-3H3. The Morgan fingerprint density at radius 3 is 2.25 bits per heavy atom. The number of hydrogen-bond acceptors (Lipinski definition) is 5. The van der Waals surface area contributed by atoms with Gasteiger partial charge in [-0.15, -0.1) is 0 Å². The van der Waals surface area contributed by atoms with Crippen LogP contribution in [0.2, 0.25) is 0 Å². The van der Waals surface area contributed by atoms with Crippen LogP contribution >= 0.6 is 0 Å². The summed E-state index contributed by atoms with van der Waals surface area (Å²) in [5, 5.41) is 0. The molecule has 1 saturated carbocycles. The van der Waals surface area contributed by atoms with Gasteiger partial charge in [0.05, 0.1) is 26.9 Å². The number of fused-ring (bicyclic) bond motifs is 1. The summed E-state index contributed by atoms with van der Waals surface area (Å²) in [6.45, 7) is 2.52. The van der Waals surface area contributed by atoms with E-state index < -0.39 is 0 Å². The van der Waals surface area contributed by atoms with E-state index in [4.69, 9.17) is 18.9 Å². The van der Waals surface area contributed by atoms with Crippen LogP contribution in [-0.2, 0) is 6.54 Å². The summed E-state index contributed by atoms with van der Waals surface area (Å²) in [6.07, 6.45) is 5.23. The first-order valence-corrected chi connectivity index (χ1v) is 10.0. The molecule has 5 heteroatoms. The van der Waals surface area contributed by atoms with E-state index in [1.807, 2.05) is 24.3 Å². The van der Waals surface area contributed by atoms with Crippen molar-refractivity contribution in [1.82, 2.24) is 4.90 Å². The van der Waals surface area contributed by atoms with E-state index in [9.17, 15) is 0 Å². The predicted octanol–water partition coefficient (Wildman–Crippen LogP) is 4.52. The molecular formula is C23H29NO4. The molecule has 0 aromatic heterocycles. The Balaban J connectivity index is 1.79. The second-order valence-corrected chi connectivity index (χ2v) is 7.46. The van der Waals surface area contributed by atoms with Crippen molar-refractivity contribution in [3.63, 3.8) is 0 Å². The van der Waals surface area contributed by atoms with Gasteiger partial charge >= 0.3 is 0 Å². The Kier molecular flexibility index (Phi) is 5.62. The van der Waals surface area contributed by atoms with Crippen molar-refractivity contribution in [2.45, 2.75) is 38.3 Å². The van der Waals surface area contributed by atoms with Gasteiger partial charge in [-0.3, -0.25) is 4.90 Å². The van der Waals surface area contributed by atoms with Crippen LogP contribution in [0, 0.1) is 0 Å². The van der Waals surface area contributed by atoms with E-state index in [0.717, 1.165) is 52.8 Å². The zero-order valence-corrected chi connectivity index (χ0v) is 17.0. The highest BCUT2D eigenvalue weighted by Crippen LogP contribution is 2.44. The van der Waals surface area contributed by atoms with Crippen molar-refractivity contribution >= 4 is 0 Å². The van der Waals surface area contributed by atoms with Crippen LogP contribution in [-0.4, -0.2) is 45.4 Å². The van der Waals surface area contributed by atoms with Gasteiger partial charge in [-0.25, -0.2) is 0 Å². The van der Waals surface area contributed by atoms with E-state index in [1.54, 1.807) is 21.3 Å². The van der Waals surface area contributed by atoms with Gasteiger partial charge in [-0.05, 0) is 42.7 Å². The monoisotopic (exact) mass is 383 g/mol. The average molecular weight is 383 g/mol. The van der Waals surface area contributed by atoms with Gasteiger partial charge in [0.15, 0.2) is 11.5 Å². The van der Waals surface area contributed by atoms with E-state index in [0.29, 0.717) is 12.6 Å². The number of nitrogens with zero attached hydrogens (tertiary/aromatic N) is 1. The fourth-order valence-corrected chi connectivity index (χ4v) is 4.52. The maximum Gasteiger partial charge on any atom is 0.165 e. The molecule has 1 aliphatic carbocycles. The van der Waals surface area contributed by atoms with Crippen LogP contribution in [0.25, 0.3) is 11.1 Å². The summed E-state index contributed by atoms with van der Waals surface area (Å²) in [7, 11) is 5.07. The van der Waals surface area contributed by atoms with E-state index in [-0.39, 0.29) is 0 Å².